The summed E-state index contributed by atoms with van der Waals surface area (Å²) in [6.07, 6.45) is 8.59. The largest absolute Gasteiger partial charge is 0.159 e. The number of rotatable bonds is 1. The molecule has 1 heterocycles. The van der Waals surface area contributed by atoms with Crippen LogP contribution in [-0.2, 0) is 0 Å². The predicted octanol–water partition coefficient (Wildman–Crippen LogP) is 3.14. The number of hydrogen-bond acceptors (Lipinski definition) is 2. The highest BCUT2D eigenvalue weighted by Gasteiger charge is 2.19. The lowest BCUT2D eigenvalue weighted by atomic mass is 9.85. The Kier molecular flexibility index (Phi) is 2.80. The average Bonchev–Trinajstić information content (AvgIpc) is 2.23. The predicted molar refractivity (Wildman–Crippen MR) is 57.3 cm³/mol. The molecule has 0 N–H and O–H groups in total. The first-order chi connectivity index (χ1) is 6.79. The minimum Gasteiger partial charge on any atom is -0.159 e. The zero-order valence-electron chi connectivity index (χ0n) is 9.08. The molecule has 1 aliphatic carbocycles. The lowest BCUT2D eigenvalue weighted by molar-refractivity contribution is 0.432. The van der Waals surface area contributed by atoms with Gasteiger partial charge in [-0.25, -0.2) is 0 Å². The summed E-state index contributed by atoms with van der Waals surface area (Å²) in [6, 6.07) is 0. The molecule has 1 aromatic heterocycles. The summed E-state index contributed by atoms with van der Waals surface area (Å²) >= 11 is 0. The SMILES string of the molecule is Cc1cnnc(C2CCCCC2)c1C. The topological polar surface area (TPSA) is 25.8 Å². The Balaban J connectivity index is 2.26. The van der Waals surface area contributed by atoms with E-state index in [1.165, 1.54) is 48.9 Å². The Bertz CT molecular complexity index is 314. The van der Waals surface area contributed by atoms with Crippen LogP contribution in [0.4, 0.5) is 0 Å². The molecule has 0 saturated heterocycles. The highest BCUT2D eigenvalue weighted by Crippen LogP contribution is 2.33. The summed E-state index contributed by atoms with van der Waals surface area (Å²) in [4.78, 5) is 0. The van der Waals surface area contributed by atoms with Crippen molar-refractivity contribution in [2.24, 2.45) is 0 Å². The van der Waals surface area contributed by atoms with Crippen LogP contribution in [0.1, 0.15) is 54.8 Å². The van der Waals surface area contributed by atoms with Crippen molar-refractivity contribution in [3.05, 3.63) is 23.0 Å². The standard InChI is InChI=1S/C12H18N2/c1-9-8-13-14-12(10(9)2)11-6-4-3-5-7-11/h8,11H,3-7H2,1-2H3. The van der Waals surface area contributed by atoms with E-state index in [-0.39, 0.29) is 0 Å². The molecule has 76 valence electrons. The molecule has 0 unspecified atom stereocenters. The van der Waals surface area contributed by atoms with Crippen molar-refractivity contribution >= 4 is 0 Å². The van der Waals surface area contributed by atoms with Crippen molar-refractivity contribution in [2.45, 2.75) is 51.9 Å². The maximum absolute atomic E-state index is 4.31. The normalized spacial score (nSPS) is 18.4. The molecule has 1 aromatic rings. The van der Waals surface area contributed by atoms with Gasteiger partial charge in [0.05, 0.1) is 11.9 Å². The lowest BCUT2D eigenvalue weighted by Gasteiger charge is -2.22. The van der Waals surface area contributed by atoms with Crippen LogP contribution in [0.15, 0.2) is 6.20 Å². The van der Waals surface area contributed by atoms with Crippen molar-refractivity contribution in [3.8, 4) is 0 Å². The molecule has 1 saturated carbocycles. The molecule has 14 heavy (non-hydrogen) atoms. The van der Waals surface area contributed by atoms with E-state index in [1.54, 1.807) is 0 Å². The van der Waals surface area contributed by atoms with Crippen LogP contribution in [0, 0.1) is 13.8 Å². The molecule has 0 radical (unpaired) electrons. The fourth-order valence-electron chi connectivity index (χ4n) is 2.32. The van der Waals surface area contributed by atoms with Gasteiger partial charge in [-0.1, -0.05) is 19.3 Å². The molecular formula is C12H18N2. The first kappa shape index (κ1) is 9.63. The second-order valence-electron chi connectivity index (χ2n) is 4.37. The van der Waals surface area contributed by atoms with E-state index in [1.807, 2.05) is 6.20 Å². The summed E-state index contributed by atoms with van der Waals surface area (Å²) in [7, 11) is 0. The Morgan fingerprint density at radius 2 is 1.86 bits per heavy atom. The van der Waals surface area contributed by atoms with Crippen LogP contribution in [0.3, 0.4) is 0 Å². The van der Waals surface area contributed by atoms with Crippen molar-refractivity contribution < 1.29 is 0 Å². The Morgan fingerprint density at radius 3 is 2.57 bits per heavy atom. The molecule has 0 amide bonds. The summed E-state index contributed by atoms with van der Waals surface area (Å²) in [6.45, 7) is 4.30. The third kappa shape index (κ3) is 1.79. The van der Waals surface area contributed by atoms with Crippen molar-refractivity contribution in [1.82, 2.24) is 10.2 Å². The van der Waals surface area contributed by atoms with Gasteiger partial charge in [0.25, 0.3) is 0 Å². The van der Waals surface area contributed by atoms with Crippen LogP contribution >= 0.6 is 0 Å². The minimum absolute atomic E-state index is 0.677. The van der Waals surface area contributed by atoms with Gasteiger partial charge in [-0.15, -0.1) is 0 Å². The first-order valence-corrected chi connectivity index (χ1v) is 5.58. The molecule has 0 aromatic carbocycles. The maximum atomic E-state index is 4.31. The van der Waals surface area contributed by atoms with Gasteiger partial charge in [0, 0.05) is 5.92 Å². The highest BCUT2D eigenvalue weighted by molar-refractivity contribution is 5.27. The molecular weight excluding hydrogens is 172 g/mol. The molecule has 0 spiro atoms. The molecule has 1 fully saturated rings. The van der Waals surface area contributed by atoms with E-state index in [2.05, 4.69) is 24.0 Å². The van der Waals surface area contributed by atoms with Crippen LogP contribution < -0.4 is 0 Å². The Hall–Kier alpha value is -0.920. The van der Waals surface area contributed by atoms with Crippen molar-refractivity contribution in [2.75, 3.05) is 0 Å². The monoisotopic (exact) mass is 190 g/mol. The summed E-state index contributed by atoms with van der Waals surface area (Å²) in [5.41, 5.74) is 3.89. The van der Waals surface area contributed by atoms with E-state index in [9.17, 15) is 0 Å². The van der Waals surface area contributed by atoms with Crippen LogP contribution in [0.2, 0.25) is 0 Å². The number of aromatic nitrogens is 2. The summed E-state index contributed by atoms with van der Waals surface area (Å²) < 4.78 is 0. The number of hydrogen-bond donors (Lipinski definition) is 0. The molecule has 0 aliphatic heterocycles. The molecule has 0 bridgehead atoms. The third-order valence-corrected chi connectivity index (χ3v) is 3.38. The third-order valence-electron chi connectivity index (χ3n) is 3.38. The minimum atomic E-state index is 0.677. The van der Waals surface area contributed by atoms with Gasteiger partial charge < -0.3 is 0 Å². The molecule has 2 heteroatoms. The van der Waals surface area contributed by atoms with Gasteiger partial charge in [0.1, 0.15) is 0 Å². The molecule has 0 atom stereocenters. The second-order valence-corrected chi connectivity index (χ2v) is 4.37. The second kappa shape index (κ2) is 4.07. The van der Waals surface area contributed by atoms with E-state index in [4.69, 9.17) is 0 Å². The Morgan fingerprint density at radius 1 is 1.14 bits per heavy atom. The van der Waals surface area contributed by atoms with Crippen LogP contribution in [0.5, 0.6) is 0 Å². The van der Waals surface area contributed by atoms with E-state index >= 15 is 0 Å². The van der Waals surface area contributed by atoms with E-state index in [0.29, 0.717) is 5.92 Å². The molecule has 2 rings (SSSR count). The zero-order chi connectivity index (χ0) is 9.97. The summed E-state index contributed by atoms with van der Waals surface area (Å²) in [5.74, 6) is 0.677. The van der Waals surface area contributed by atoms with Gasteiger partial charge in [0.2, 0.25) is 0 Å². The van der Waals surface area contributed by atoms with Gasteiger partial charge in [-0.3, -0.25) is 0 Å². The number of aryl methyl sites for hydroxylation is 1. The smallest absolute Gasteiger partial charge is 0.0693 e. The summed E-state index contributed by atoms with van der Waals surface area (Å²) in [5, 5.41) is 8.38. The highest BCUT2D eigenvalue weighted by atomic mass is 15.1. The van der Waals surface area contributed by atoms with Crippen LogP contribution in [-0.4, -0.2) is 10.2 Å². The molecule has 1 aliphatic rings. The van der Waals surface area contributed by atoms with Gasteiger partial charge in [-0.05, 0) is 37.8 Å². The van der Waals surface area contributed by atoms with Crippen molar-refractivity contribution in [1.29, 1.82) is 0 Å². The maximum Gasteiger partial charge on any atom is 0.0693 e. The van der Waals surface area contributed by atoms with Gasteiger partial charge in [0.15, 0.2) is 0 Å². The van der Waals surface area contributed by atoms with Crippen LogP contribution in [0.25, 0.3) is 0 Å². The first-order valence-electron chi connectivity index (χ1n) is 5.58. The number of nitrogens with zero attached hydrogens (tertiary/aromatic N) is 2. The quantitative estimate of drug-likeness (QED) is 0.680. The zero-order valence-corrected chi connectivity index (χ0v) is 9.08. The molecule has 2 nitrogen and oxygen atoms in total. The van der Waals surface area contributed by atoms with Crippen molar-refractivity contribution in [3.63, 3.8) is 0 Å². The Labute approximate surface area is 85.8 Å². The van der Waals surface area contributed by atoms with Gasteiger partial charge in [-0.2, -0.15) is 10.2 Å². The van der Waals surface area contributed by atoms with E-state index < -0.39 is 0 Å². The van der Waals surface area contributed by atoms with E-state index in [0.717, 1.165) is 0 Å². The van der Waals surface area contributed by atoms with Gasteiger partial charge >= 0.3 is 0 Å². The fourth-order valence-corrected chi connectivity index (χ4v) is 2.32. The lowest BCUT2D eigenvalue weighted by Crippen LogP contribution is -2.10. The average molecular weight is 190 g/mol. The fraction of sp³-hybridized carbons (Fsp3) is 0.667.